The molecule has 0 bridgehead atoms. The zero-order valence-electron chi connectivity index (χ0n) is 15.4. The molecule has 2 heterocycles. The van der Waals surface area contributed by atoms with Gasteiger partial charge in [-0.3, -0.25) is 0 Å². The number of rotatable bonds is 4. The Kier molecular flexibility index (Phi) is 5.80. The van der Waals surface area contributed by atoms with Gasteiger partial charge < -0.3 is 4.74 Å². The maximum Gasteiger partial charge on any atom is 0.416 e. The van der Waals surface area contributed by atoms with E-state index in [-0.39, 0.29) is 24.3 Å². The van der Waals surface area contributed by atoms with Crippen LogP contribution < -0.4 is 0 Å². The molecule has 0 saturated carbocycles. The Balaban J connectivity index is 1.92. The van der Waals surface area contributed by atoms with Crippen molar-refractivity contribution in [2.24, 2.45) is 0 Å². The molecule has 1 aliphatic heterocycles. The summed E-state index contributed by atoms with van der Waals surface area (Å²) in [5.74, 6) is 0. The van der Waals surface area contributed by atoms with E-state index in [0.717, 1.165) is 22.7 Å². The number of alkyl halides is 3. The highest BCUT2D eigenvalue weighted by Gasteiger charge is 2.45. The minimum atomic E-state index is -4.60. The van der Waals surface area contributed by atoms with Gasteiger partial charge in [0, 0.05) is 12.8 Å². The maximum atomic E-state index is 13.2. The largest absolute Gasteiger partial charge is 0.416 e. The van der Waals surface area contributed by atoms with Crippen molar-refractivity contribution < 1.29 is 26.3 Å². The van der Waals surface area contributed by atoms with Crippen LogP contribution in [0.3, 0.4) is 0 Å². The third-order valence-electron chi connectivity index (χ3n) is 5.03. The molecule has 0 aliphatic carbocycles. The molecule has 1 aromatic carbocycles. The molecule has 3 rings (SSSR count). The van der Waals surface area contributed by atoms with Crippen molar-refractivity contribution in [1.82, 2.24) is 4.98 Å². The van der Waals surface area contributed by atoms with Crippen molar-refractivity contribution in [2.75, 3.05) is 12.9 Å². The summed E-state index contributed by atoms with van der Waals surface area (Å²) in [6.45, 7) is 1.77. The van der Waals surface area contributed by atoms with Crippen molar-refractivity contribution in [3.63, 3.8) is 0 Å². The summed E-state index contributed by atoms with van der Waals surface area (Å²) in [7, 11) is -4.00. The molecule has 1 aliphatic rings. The lowest BCUT2D eigenvalue weighted by atomic mass is 9.93. The van der Waals surface area contributed by atoms with Gasteiger partial charge in [-0.25, -0.2) is 13.4 Å². The molecular weight excluding hydrogens is 411 g/mol. The third kappa shape index (κ3) is 4.06. The van der Waals surface area contributed by atoms with Crippen LogP contribution >= 0.6 is 11.8 Å². The first kappa shape index (κ1) is 21.1. The average molecular weight is 432 g/mol. The first-order valence-corrected chi connectivity index (χ1v) is 11.3. The van der Waals surface area contributed by atoms with E-state index in [1.807, 2.05) is 18.4 Å². The summed E-state index contributed by atoms with van der Waals surface area (Å²) in [5, 5.41) is 0.832. The number of thioether (sulfide) groups is 1. The van der Waals surface area contributed by atoms with E-state index in [1.165, 1.54) is 17.8 Å². The van der Waals surface area contributed by atoms with Gasteiger partial charge >= 0.3 is 6.18 Å². The lowest BCUT2D eigenvalue weighted by Gasteiger charge is -2.37. The lowest BCUT2D eigenvalue weighted by Crippen LogP contribution is -2.42. The Morgan fingerprint density at radius 2 is 2.00 bits per heavy atom. The molecule has 0 amide bonds. The summed E-state index contributed by atoms with van der Waals surface area (Å²) >= 11 is 1.49. The highest BCUT2D eigenvalue weighted by molar-refractivity contribution is 7.98. The molecule has 0 N–H and O–H groups in total. The van der Waals surface area contributed by atoms with Crippen molar-refractivity contribution in [2.45, 2.75) is 46.7 Å². The van der Waals surface area contributed by atoms with Crippen LogP contribution in [-0.4, -0.2) is 31.0 Å². The molecule has 28 heavy (non-hydrogen) atoms. The second kappa shape index (κ2) is 7.68. The predicted molar refractivity (Wildman–Crippen MR) is 101 cm³/mol. The van der Waals surface area contributed by atoms with E-state index in [0.29, 0.717) is 6.07 Å². The molecule has 0 spiro atoms. The Hall–Kier alpha value is -1.58. The Labute approximate surface area is 166 Å². The summed E-state index contributed by atoms with van der Waals surface area (Å²) in [5.41, 5.74) is -0.222. The van der Waals surface area contributed by atoms with E-state index in [1.54, 1.807) is 13.1 Å². The number of halogens is 3. The highest BCUT2D eigenvalue weighted by Crippen LogP contribution is 2.42. The molecular formula is C19H20F3NO3S2. The van der Waals surface area contributed by atoms with E-state index < -0.39 is 32.4 Å². The second-order valence-electron chi connectivity index (χ2n) is 6.93. The molecule has 0 radical (unpaired) electrons. The van der Waals surface area contributed by atoms with E-state index in [4.69, 9.17) is 4.74 Å². The Morgan fingerprint density at radius 1 is 1.25 bits per heavy atom. The van der Waals surface area contributed by atoms with Crippen LogP contribution in [0.4, 0.5) is 13.2 Å². The highest BCUT2D eigenvalue weighted by atomic mass is 32.2. The first-order chi connectivity index (χ1) is 13.1. The number of nitrogens with zero attached hydrogens (tertiary/aromatic N) is 1. The fraction of sp³-hybridized carbons (Fsp3) is 0.421. The van der Waals surface area contributed by atoms with Gasteiger partial charge in [-0.1, -0.05) is 12.1 Å². The molecule has 1 fully saturated rings. The van der Waals surface area contributed by atoms with E-state index in [9.17, 15) is 21.6 Å². The van der Waals surface area contributed by atoms with Crippen LogP contribution in [0.2, 0.25) is 0 Å². The molecule has 1 aromatic heterocycles. The van der Waals surface area contributed by atoms with Gasteiger partial charge in [0.1, 0.15) is 0 Å². The smallest absolute Gasteiger partial charge is 0.373 e. The molecule has 2 unspecified atom stereocenters. The number of hydrogen-bond acceptors (Lipinski definition) is 5. The van der Waals surface area contributed by atoms with Crippen LogP contribution in [0.1, 0.15) is 37.0 Å². The SMILES string of the molecule is CSc1ccc(C2CC(C)(S(=O)(=O)c3cccc(C(F)(F)F)c3)CCO2)cn1. The standard InChI is InChI=1S/C19H20F3NO3S2/c1-18(28(24,25)15-5-3-4-14(10-15)19(20,21)22)8-9-26-16(11-18)13-6-7-17(27-2)23-12-13/h3-7,10,12,16H,8-9,11H2,1-2H3. The predicted octanol–water partition coefficient (Wildman–Crippen LogP) is 4.91. The van der Waals surface area contributed by atoms with Gasteiger partial charge in [0.05, 0.1) is 26.3 Å². The van der Waals surface area contributed by atoms with Crippen LogP contribution in [0.25, 0.3) is 0 Å². The van der Waals surface area contributed by atoms with E-state index >= 15 is 0 Å². The van der Waals surface area contributed by atoms with Gasteiger partial charge in [0.15, 0.2) is 9.84 Å². The number of aromatic nitrogens is 1. The van der Waals surface area contributed by atoms with Crippen molar-refractivity contribution in [3.05, 3.63) is 53.7 Å². The summed E-state index contributed by atoms with van der Waals surface area (Å²) in [6.07, 6.45) is -1.18. The molecule has 2 atom stereocenters. The molecule has 9 heteroatoms. The van der Waals surface area contributed by atoms with E-state index in [2.05, 4.69) is 4.98 Å². The van der Waals surface area contributed by atoms with Crippen LogP contribution in [0.5, 0.6) is 0 Å². The molecule has 152 valence electrons. The van der Waals surface area contributed by atoms with Crippen LogP contribution in [0, 0.1) is 0 Å². The van der Waals surface area contributed by atoms with Gasteiger partial charge in [0.2, 0.25) is 0 Å². The number of benzene rings is 1. The summed E-state index contributed by atoms with van der Waals surface area (Å²) in [4.78, 5) is 3.97. The summed E-state index contributed by atoms with van der Waals surface area (Å²) < 4.78 is 70.0. The molecule has 2 aromatic rings. The van der Waals surface area contributed by atoms with Crippen LogP contribution in [-0.2, 0) is 20.8 Å². The minimum absolute atomic E-state index is 0.145. The number of hydrogen-bond donors (Lipinski definition) is 0. The van der Waals surface area contributed by atoms with Crippen molar-refractivity contribution in [3.8, 4) is 0 Å². The lowest BCUT2D eigenvalue weighted by molar-refractivity contribution is -0.137. The van der Waals surface area contributed by atoms with Crippen LogP contribution in [0.15, 0.2) is 52.5 Å². The molecule has 4 nitrogen and oxygen atoms in total. The third-order valence-corrected chi connectivity index (χ3v) is 8.23. The average Bonchev–Trinajstić information content (AvgIpc) is 2.67. The van der Waals surface area contributed by atoms with Gasteiger partial charge in [-0.2, -0.15) is 13.2 Å². The normalized spacial score (nSPS) is 23.5. The first-order valence-electron chi connectivity index (χ1n) is 8.60. The maximum absolute atomic E-state index is 13.2. The Morgan fingerprint density at radius 3 is 2.61 bits per heavy atom. The van der Waals surface area contributed by atoms with Gasteiger partial charge in [-0.05, 0) is 55.9 Å². The van der Waals surface area contributed by atoms with Gasteiger partial charge in [0.25, 0.3) is 0 Å². The number of sulfone groups is 1. The van der Waals surface area contributed by atoms with Gasteiger partial charge in [-0.15, -0.1) is 11.8 Å². The number of ether oxygens (including phenoxy) is 1. The zero-order valence-corrected chi connectivity index (χ0v) is 17.0. The fourth-order valence-electron chi connectivity index (χ4n) is 3.26. The fourth-order valence-corrected chi connectivity index (χ4v) is 5.45. The van der Waals surface area contributed by atoms with Crippen molar-refractivity contribution >= 4 is 21.6 Å². The quantitative estimate of drug-likeness (QED) is 0.644. The summed E-state index contributed by atoms with van der Waals surface area (Å²) in [6, 6.07) is 7.59. The molecule has 1 saturated heterocycles. The second-order valence-corrected chi connectivity index (χ2v) is 10.2. The number of pyridine rings is 1. The van der Waals surface area contributed by atoms with Crippen molar-refractivity contribution in [1.29, 1.82) is 0 Å². The topological polar surface area (TPSA) is 56.3 Å². The Bertz CT molecular complexity index is 946. The monoisotopic (exact) mass is 431 g/mol. The zero-order chi connectivity index (χ0) is 20.6. The minimum Gasteiger partial charge on any atom is -0.373 e.